The number of hydrogen-bond acceptors (Lipinski definition) is 5. The molecule has 0 radical (unpaired) electrons. The van der Waals surface area contributed by atoms with E-state index < -0.39 is 0 Å². The van der Waals surface area contributed by atoms with Gasteiger partial charge in [-0.1, -0.05) is 20.8 Å². The summed E-state index contributed by atoms with van der Waals surface area (Å²) in [5, 5.41) is 19.5. The van der Waals surface area contributed by atoms with Crippen LogP contribution in [0.1, 0.15) is 40.0 Å². The molecule has 2 aromatic heterocycles. The van der Waals surface area contributed by atoms with Gasteiger partial charge in [-0.25, -0.2) is 0 Å². The summed E-state index contributed by atoms with van der Waals surface area (Å²) in [6, 6.07) is 4.32. The van der Waals surface area contributed by atoms with E-state index in [1.54, 1.807) is 0 Å². The van der Waals surface area contributed by atoms with Crippen LogP contribution in [-0.4, -0.2) is 31.3 Å². The summed E-state index contributed by atoms with van der Waals surface area (Å²) in [7, 11) is 0. The Bertz CT molecular complexity index is 658. The average Bonchev–Trinajstić information content (AvgIpc) is 3.05. The monoisotopic (exact) mass is 272 g/mol. The lowest BCUT2D eigenvalue weighted by Crippen LogP contribution is -2.46. The summed E-state index contributed by atoms with van der Waals surface area (Å²) in [6.45, 7) is 7.18. The molecule has 2 saturated carbocycles. The fourth-order valence-electron chi connectivity index (χ4n) is 4.54. The first-order valence-electron chi connectivity index (χ1n) is 7.31. The largest absolute Gasteiger partial charge is 0.365 e. The Kier molecular flexibility index (Phi) is 2.22. The van der Waals surface area contributed by atoms with Crippen LogP contribution in [0.2, 0.25) is 0 Å². The van der Waals surface area contributed by atoms with E-state index in [9.17, 15) is 0 Å². The molecular formula is C14H20N6. The van der Waals surface area contributed by atoms with E-state index in [1.807, 2.05) is 12.1 Å². The molecule has 3 atom stereocenters. The maximum Gasteiger partial charge on any atom is 0.200 e. The van der Waals surface area contributed by atoms with Crippen LogP contribution in [0.25, 0.3) is 5.65 Å². The predicted molar refractivity (Wildman–Crippen MR) is 75.2 cm³/mol. The standard InChI is InChI=1S/C14H20N6/c1-13(2)9-6-7-14(3,8-9)12(13)15-10-4-5-11-16-18-19-20(11)17-10/h4-5,9,12H,6-8H2,1-3H3,(H,15,17). The lowest BCUT2D eigenvalue weighted by Gasteiger charge is -2.43. The molecule has 2 fully saturated rings. The molecule has 3 unspecified atom stereocenters. The average molecular weight is 272 g/mol. The van der Waals surface area contributed by atoms with Crippen LogP contribution in [0.4, 0.5) is 5.82 Å². The SMILES string of the molecule is CC12CCC(C1)C(C)(C)C2Nc1ccc2nnnn2n1. The quantitative estimate of drug-likeness (QED) is 0.907. The summed E-state index contributed by atoms with van der Waals surface area (Å²) in [5.41, 5.74) is 1.37. The molecule has 2 aromatic rings. The highest BCUT2D eigenvalue weighted by atomic mass is 15.6. The molecule has 2 aliphatic carbocycles. The van der Waals surface area contributed by atoms with Gasteiger partial charge in [0.05, 0.1) is 0 Å². The number of fused-ring (bicyclic) bond motifs is 3. The topological polar surface area (TPSA) is 68.0 Å². The van der Waals surface area contributed by atoms with Gasteiger partial charge in [0.15, 0.2) is 5.65 Å². The van der Waals surface area contributed by atoms with Gasteiger partial charge in [-0.15, -0.1) is 14.8 Å². The second-order valence-electron chi connectivity index (χ2n) is 7.24. The van der Waals surface area contributed by atoms with Crippen molar-refractivity contribution in [3.63, 3.8) is 0 Å². The van der Waals surface area contributed by atoms with Gasteiger partial charge in [-0.3, -0.25) is 0 Å². The highest BCUT2D eigenvalue weighted by Gasteiger charge is 2.59. The summed E-state index contributed by atoms with van der Waals surface area (Å²) < 4.78 is 1.48. The Morgan fingerprint density at radius 2 is 2.15 bits per heavy atom. The number of aromatic nitrogens is 5. The minimum absolute atomic E-state index is 0.310. The van der Waals surface area contributed by atoms with Crippen LogP contribution in [-0.2, 0) is 0 Å². The molecule has 0 aromatic carbocycles. The minimum atomic E-state index is 0.310. The van der Waals surface area contributed by atoms with Crippen molar-refractivity contribution in [3.05, 3.63) is 12.1 Å². The van der Waals surface area contributed by atoms with Gasteiger partial charge in [0, 0.05) is 6.04 Å². The molecule has 4 rings (SSSR count). The number of nitrogens with zero attached hydrogens (tertiary/aromatic N) is 5. The van der Waals surface area contributed by atoms with Gasteiger partial charge in [-0.2, -0.15) is 0 Å². The van der Waals surface area contributed by atoms with Crippen molar-refractivity contribution in [2.24, 2.45) is 16.7 Å². The number of anilines is 1. The summed E-state index contributed by atoms with van der Waals surface area (Å²) in [5.74, 6) is 1.68. The number of hydrogen-bond donors (Lipinski definition) is 1. The molecular weight excluding hydrogens is 252 g/mol. The van der Waals surface area contributed by atoms with Crippen molar-refractivity contribution in [1.29, 1.82) is 0 Å². The van der Waals surface area contributed by atoms with E-state index in [2.05, 4.69) is 46.7 Å². The maximum atomic E-state index is 4.45. The molecule has 6 nitrogen and oxygen atoms in total. The molecule has 2 aliphatic rings. The first kappa shape index (κ1) is 12.1. The van der Waals surface area contributed by atoms with E-state index in [4.69, 9.17) is 0 Å². The van der Waals surface area contributed by atoms with Crippen molar-refractivity contribution in [2.45, 2.75) is 46.1 Å². The van der Waals surface area contributed by atoms with E-state index in [-0.39, 0.29) is 0 Å². The Morgan fingerprint density at radius 1 is 1.30 bits per heavy atom. The van der Waals surface area contributed by atoms with Gasteiger partial charge in [0.1, 0.15) is 5.82 Å². The molecule has 0 spiro atoms. The third kappa shape index (κ3) is 1.50. The lowest BCUT2D eigenvalue weighted by molar-refractivity contribution is 0.155. The third-order valence-corrected chi connectivity index (χ3v) is 5.63. The Balaban J connectivity index is 1.67. The Morgan fingerprint density at radius 3 is 2.90 bits per heavy atom. The van der Waals surface area contributed by atoms with Crippen LogP contribution >= 0.6 is 0 Å². The zero-order valence-electron chi connectivity index (χ0n) is 12.2. The van der Waals surface area contributed by atoms with Crippen molar-refractivity contribution < 1.29 is 0 Å². The van der Waals surface area contributed by atoms with Crippen molar-refractivity contribution in [1.82, 2.24) is 25.3 Å². The van der Waals surface area contributed by atoms with Gasteiger partial charge >= 0.3 is 0 Å². The molecule has 2 bridgehead atoms. The fraction of sp³-hybridized carbons (Fsp3) is 0.714. The van der Waals surface area contributed by atoms with E-state index in [0.29, 0.717) is 22.5 Å². The number of rotatable bonds is 2. The van der Waals surface area contributed by atoms with Gasteiger partial charge in [0.25, 0.3) is 0 Å². The lowest BCUT2D eigenvalue weighted by atomic mass is 9.68. The van der Waals surface area contributed by atoms with E-state index >= 15 is 0 Å². The Labute approximate surface area is 117 Å². The summed E-state index contributed by atoms with van der Waals surface area (Å²) in [4.78, 5) is 0. The molecule has 6 heteroatoms. The van der Waals surface area contributed by atoms with Crippen LogP contribution in [0.5, 0.6) is 0 Å². The first-order valence-corrected chi connectivity index (χ1v) is 7.31. The van der Waals surface area contributed by atoms with Gasteiger partial charge < -0.3 is 5.32 Å². The van der Waals surface area contributed by atoms with Crippen LogP contribution in [0.15, 0.2) is 12.1 Å². The van der Waals surface area contributed by atoms with E-state index in [1.165, 1.54) is 23.9 Å². The second-order valence-corrected chi connectivity index (χ2v) is 7.24. The summed E-state index contributed by atoms with van der Waals surface area (Å²) in [6.07, 6.45) is 4.00. The van der Waals surface area contributed by atoms with Gasteiger partial charge in [-0.05, 0) is 58.6 Å². The second kappa shape index (κ2) is 3.68. The van der Waals surface area contributed by atoms with Crippen LogP contribution in [0, 0.1) is 16.7 Å². The van der Waals surface area contributed by atoms with Crippen molar-refractivity contribution in [3.8, 4) is 0 Å². The predicted octanol–water partition coefficient (Wildman–Crippen LogP) is 2.15. The maximum absolute atomic E-state index is 4.45. The van der Waals surface area contributed by atoms with Crippen molar-refractivity contribution >= 4 is 11.5 Å². The number of nitrogens with one attached hydrogen (secondary N) is 1. The van der Waals surface area contributed by atoms with Gasteiger partial charge in [0.2, 0.25) is 0 Å². The smallest absolute Gasteiger partial charge is 0.200 e. The fourth-order valence-corrected chi connectivity index (χ4v) is 4.54. The van der Waals surface area contributed by atoms with Crippen molar-refractivity contribution in [2.75, 3.05) is 5.32 Å². The Hall–Kier alpha value is -1.72. The molecule has 2 heterocycles. The number of tetrazole rings is 1. The van der Waals surface area contributed by atoms with E-state index in [0.717, 1.165) is 11.7 Å². The zero-order chi connectivity index (χ0) is 14.0. The summed E-state index contributed by atoms with van der Waals surface area (Å²) >= 11 is 0. The third-order valence-electron chi connectivity index (χ3n) is 5.63. The molecule has 0 aliphatic heterocycles. The highest BCUT2D eigenvalue weighted by molar-refractivity contribution is 5.44. The molecule has 106 valence electrons. The normalized spacial score (nSPS) is 34.8. The van der Waals surface area contributed by atoms with Crippen LogP contribution in [0.3, 0.4) is 0 Å². The molecule has 0 amide bonds. The molecule has 20 heavy (non-hydrogen) atoms. The highest BCUT2D eigenvalue weighted by Crippen LogP contribution is 2.62. The van der Waals surface area contributed by atoms with Crippen LogP contribution < -0.4 is 5.32 Å². The first-order chi connectivity index (χ1) is 9.49. The molecule has 0 saturated heterocycles. The zero-order valence-corrected chi connectivity index (χ0v) is 12.2. The minimum Gasteiger partial charge on any atom is -0.365 e. The molecule has 1 N–H and O–H groups in total.